The fourth-order valence-corrected chi connectivity index (χ4v) is 2.29. The average Bonchev–Trinajstić information content (AvgIpc) is 2.76. The summed E-state index contributed by atoms with van der Waals surface area (Å²) in [5, 5.41) is 12.7. The third kappa shape index (κ3) is 5.19. The van der Waals surface area contributed by atoms with Crippen LogP contribution < -0.4 is 11.5 Å². The van der Waals surface area contributed by atoms with Gasteiger partial charge in [-0.3, -0.25) is 9.79 Å². The van der Waals surface area contributed by atoms with E-state index in [1.807, 2.05) is 0 Å². The first-order valence-corrected chi connectivity index (χ1v) is 6.54. The Kier molecular flexibility index (Phi) is 6.28. The summed E-state index contributed by atoms with van der Waals surface area (Å²) in [5.41, 5.74) is 18.6. The zero-order valence-electron chi connectivity index (χ0n) is 11.6. The number of likely N-dealkylation sites (tertiary alicyclic amines) is 1. The number of nitrogens with two attached hydrogens (primary N) is 2. The number of aliphatic carboxylic acids is 1. The van der Waals surface area contributed by atoms with Crippen molar-refractivity contribution >= 4 is 17.8 Å². The minimum Gasteiger partial charge on any atom is -0.480 e. The number of nitrogens with zero attached hydrogens (tertiary/aromatic N) is 5. The van der Waals surface area contributed by atoms with Gasteiger partial charge in [0, 0.05) is 31.0 Å². The molecular formula is C11H19N7O3. The topological polar surface area (TPSA) is 171 Å². The number of carbonyl (C=O) groups excluding carboxylic acids is 1. The van der Waals surface area contributed by atoms with Gasteiger partial charge in [0.2, 0.25) is 5.91 Å². The highest BCUT2D eigenvalue weighted by molar-refractivity contribution is 5.85. The predicted octanol–water partition coefficient (Wildman–Crippen LogP) is -0.348. The number of carbonyl (C=O) groups is 2. The summed E-state index contributed by atoms with van der Waals surface area (Å²) in [6, 6.07) is -0.900. The van der Waals surface area contributed by atoms with E-state index < -0.39 is 12.0 Å². The first-order chi connectivity index (χ1) is 9.95. The van der Waals surface area contributed by atoms with Gasteiger partial charge in [0.25, 0.3) is 0 Å². The molecular weight excluding hydrogens is 278 g/mol. The number of guanidine groups is 1. The number of aliphatic imine (C=N–C) groups is 1. The predicted molar refractivity (Wildman–Crippen MR) is 75.2 cm³/mol. The molecule has 0 saturated carbocycles. The molecule has 1 aliphatic rings. The molecule has 1 fully saturated rings. The van der Waals surface area contributed by atoms with Gasteiger partial charge < -0.3 is 21.5 Å². The monoisotopic (exact) mass is 297 g/mol. The van der Waals surface area contributed by atoms with Gasteiger partial charge in [-0.25, -0.2) is 4.79 Å². The zero-order chi connectivity index (χ0) is 15.8. The zero-order valence-corrected chi connectivity index (χ0v) is 11.6. The van der Waals surface area contributed by atoms with Crippen LogP contribution in [0.25, 0.3) is 10.4 Å². The van der Waals surface area contributed by atoms with Crippen molar-refractivity contribution < 1.29 is 14.7 Å². The van der Waals surface area contributed by atoms with E-state index in [1.54, 1.807) is 0 Å². The summed E-state index contributed by atoms with van der Waals surface area (Å²) in [6.45, 7) is 0.798. The van der Waals surface area contributed by atoms with E-state index in [0.717, 1.165) is 0 Å². The average molecular weight is 297 g/mol. The minimum absolute atomic E-state index is 0.0476. The summed E-state index contributed by atoms with van der Waals surface area (Å²) in [5.74, 6) is -1.47. The highest BCUT2D eigenvalue weighted by Crippen LogP contribution is 2.22. The Bertz CT molecular complexity index is 468. The van der Waals surface area contributed by atoms with E-state index in [0.29, 0.717) is 13.0 Å². The third-order valence-electron chi connectivity index (χ3n) is 3.23. The van der Waals surface area contributed by atoms with Crippen LogP contribution >= 0.6 is 0 Å². The number of carboxylic acids is 1. The van der Waals surface area contributed by atoms with Crippen molar-refractivity contribution in [1.29, 1.82) is 0 Å². The van der Waals surface area contributed by atoms with Crippen LogP contribution in [0.3, 0.4) is 0 Å². The minimum atomic E-state index is -1.06. The maximum Gasteiger partial charge on any atom is 0.326 e. The smallest absolute Gasteiger partial charge is 0.326 e. The molecule has 1 amide bonds. The van der Waals surface area contributed by atoms with E-state index in [9.17, 15) is 14.7 Å². The Morgan fingerprint density at radius 2 is 2.29 bits per heavy atom. The number of hydrogen-bond donors (Lipinski definition) is 3. The van der Waals surface area contributed by atoms with Crippen LogP contribution in [-0.2, 0) is 9.59 Å². The van der Waals surface area contributed by atoms with Crippen LogP contribution in [0, 0.1) is 5.92 Å². The van der Waals surface area contributed by atoms with E-state index in [2.05, 4.69) is 15.0 Å². The van der Waals surface area contributed by atoms with Crippen LogP contribution in [0.1, 0.15) is 19.3 Å². The van der Waals surface area contributed by atoms with Gasteiger partial charge >= 0.3 is 5.97 Å². The quantitative estimate of drug-likeness (QED) is 0.138. The van der Waals surface area contributed by atoms with Crippen LogP contribution in [-0.4, -0.2) is 53.5 Å². The van der Waals surface area contributed by atoms with Crippen molar-refractivity contribution in [3.8, 4) is 0 Å². The van der Waals surface area contributed by atoms with Crippen molar-refractivity contribution in [3.05, 3.63) is 10.4 Å². The number of rotatable bonds is 8. The molecule has 21 heavy (non-hydrogen) atoms. The largest absolute Gasteiger partial charge is 0.480 e. The number of hydrogen-bond acceptors (Lipinski definition) is 4. The molecule has 0 aromatic heterocycles. The van der Waals surface area contributed by atoms with E-state index in [4.69, 9.17) is 17.0 Å². The van der Waals surface area contributed by atoms with Crippen molar-refractivity contribution in [2.45, 2.75) is 25.3 Å². The highest BCUT2D eigenvalue weighted by Gasteiger charge is 2.36. The molecule has 0 radical (unpaired) electrons. The maximum absolute atomic E-state index is 11.9. The lowest BCUT2D eigenvalue weighted by atomic mass is 10.1. The molecule has 0 aliphatic carbocycles. The molecule has 0 aromatic carbocycles. The molecule has 1 saturated heterocycles. The Morgan fingerprint density at radius 3 is 2.86 bits per heavy atom. The molecule has 1 heterocycles. The molecule has 5 N–H and O–H groups in total. The summed E-state index contributed by atoms with van der Waals surface area (Å²) < 4.78 is 0. The van der Waals surface area contributed by atoms with Gasteiger partial charge in [0.1, 0.15) is 6.04 Å². The number of carboxylic acid groups (broad SMARTS) is 1. The SMILES string of the molecule is [N-]=[N+]=NCC1CC(=O)N([C@@H](CCCN=C(N)N)C(=O)O)C1. The Balaban J connectivity index is 2.59. The van der Waals surface area contributed by atoms with Crippen LogP contribution in [0.15, 0.2) is 10.1 Å². The van der Waals surface area contributed by atoms with Gasteiger partial charge in [-0.1, -0.05) is 5.11 Å². The Hall–Kier alpha value is -2.48. The maximum atomic E-state index is 11.9. The lowest BCUT2D eigenvalue weighted by molar-refractivity contribution is -0.148. The van der Waals surface area contributed by atoms with Crippen molar-refractivity contribution in [1.82, 2.24) is 4.90 Å². The molecule has 0 spiro atoms. The van der Waals surface area contributed by atoms with E-state index in [1.165, 1.54) is 4.90 Å². The van der Waals surface area contributed by atoms with Gasteiger partial charge in [0.15, 0.2) is 5.96 Å². The van der Waals surface area contributed by atoms with Crippen molar-refractivity contribution in [2.24, 2.45) is 27.5 Å². The third-order valence-corrected chi connectivity index (χ3v) is 3.23. The summed E-state index contributed by atoms with van der Waals surface area (Å²) in [4.78, 5) is 31.0. The Labute approximate surface area is 121 Å². The van der Waals surface area contributed by atoms with Crippen molar-refractivity contribution in [3.63, 3.8) is 0 Å². The first-order valence-electron chi connectivity index (χ1n) is 6.54. The standard InChI is InChI=1S/C11H19N7O3/c12-11(13)15-3-1-2-8(10(20)21)18-6-7(4-9(18)19)5-16-17-14/h7-8H,1-6H2,(H,20,21)(H4,12,13,15)/t7?,8-/m0/s1. The van der Waals surface area contributed by atoms with Crippen LogP contribution in [0.5, 0.6) is 0 Å². The second-order valence-electron chi connectivity index (χ2n) is 4.83. The number of amides is 1. The fraction of sp³-hybridized carbons (Fsp3) is 0.727. The highest BCUT2D eigenvalue weighted by atomic mass is 16.4. The molecule has 0 bridgehead atoms. The molecule has 1 aliphatic heterocycles. The molecule has 1 unspecified atom stereocenters. The van der Waals surface area contributed by atoms with Crippen LogP contribution in [0.2, 0.25) is 0 Å². The molecule has 10 heteroatoms. The van der Waals surface area contributed by atoms with Gasteiger partial charge in [-0.05, 0) is 24.3 Å². The van der Waals surface area contributed by atoms with E-state index in [-0.39, 0.29) is 43.7 Å². The van der Waals surface area contributed by atoms with Gasteiger partial charge in [-0.2, -0.15) is 0 Å². The van der Waals surface area contributed by atoms with Crippen LogP contribution in [0.4, 0.5) is 0 Å². The second-order valence-corrected chi connectivity index (χ2v) is 4.83. The fourth-order valence-electron chi connectivity index (χ4n) is 2.29. The summed E-state index contributed by atoms with van der Waals surface area (Å²) >= 11 is 0. The van der Waals surface area contributed by atoms with Crippen molar-refractivity contribution in [2.75, 3.05) is 19.6 Å². The molecule has 1 rings (SSSR count). The van der Waals surface area contributed by atoms with Gasteiger partial charge in [-0.15, -0.1) is 0 Å². The molecule has 10 nitrogen and oxygen atoms in total. The molecule has 0 aromatic rings. The van der Waals surface area contributed by atoms with E-state index >= 15 is 0 Å². The molecule has 2 atom stereocenters. The second kappa shape index (κ2) is 7.95. The summed E-state index contributed by atoms with van der Waals surface area (Å²) in [7, 11) is 0. The summed E-state index contributed by atoms with van der Waals surface area (Å²) in [6.07, 6.45) is 0.933. The molecule has 116 valence electrons. The van der Waals surface area contributed by atoms with Gasteiger partial charge in [0.05, 0.1) is 0 Å². The lowest BCUT2D eigenvalue weighted by Gasteiger charge is -2.24. The lowest BCUT2D eigenvalue weighted by Crippen LogP contribution is -2.42. The number of azide groups is 1. The normalized spacial score (nSPS) is 19.0. The Morgan fingerprint density at radius 1 is 1.57 bits per heavy atom. The first kappa shape index (κ1) is 16.6.